The second-order valence-corrected chi connectivity index (χ2v) is 7.05. The van der Waals surface area contributed by atoms with E-state index in [2.05, 4.69) is 22.2 Å². The number of nitrogens with one attached hydrogen (secondary N) is 1. The van der Waals surface area contributed by atoms with Crippen molar-refractivity contribution in [2.75, 3.05) is 6.54 Å². The molecule has 0 spiro atoms. The van der Waals surface area contributed by atoms with Crippen LogP contribution in [0.25, 0.3) is 11.1 Å². The first-order valence-corrected chi connectivity index (χ1v) is 9.62. The van der Waals surface area contributed by atoms with E-state index in [-0.39, 0.29) is 5.91 Å². The zero-order chi connectivity index (χ0) is 17.6. The molecule has 25 heavy (non-hydrogen) atoms. The first-order valence-electron chi connectivity index (χ1n) is 8.74. The SMILES string of the molecule is CCCCc1nc2cc(C(=O)NCCCc3scnc3C)ccc2o1. The van der Waals surface area contributed by atoms with Crippen LogP contribution in [0.15, 0.2) is 28.1 Å². The number of aromatic nitrogens is 2. The number of benzene rings is 1. The minimum atomic E-state index is -0.0685. The van der Waals surface area contributed by atoms with Crippen molar-refractivity contribution in [2.45, 2.75) is 46.0 Å². The summed E-state index contributed by atoms with van der Waals surface area (Å²) >= 11 is 1.67. The standard InChI is InChI=1S/C19H23N3O2S/c1-3-4-7-18-22-15-11-14(8-9-16(15)24-18)19(23)20-10-5-6-17-13(2)21-12-25-17/h8-9,11-12H,3-7,10H2,1-2H3,(H,20,23). The second kappa shape index (κ2) is 8.25. The predicted molar refractivity (Wildman–Crippen MR) is 100 cm³/mol. The molecule has 2 heterocycles. The molecule has 3 rings (SSSR count). The Kier molecular flexibility index (Phi) is 5.81. The van der Waals surface area contributed by atoms with Gasteiger partial charge in [0.25, 0.3) is 5.91 Å². The van der Waals surface area contributed by atoms with Crippen molar-refractivity contribution in [1.82, 2.24) is 15.3 Å². The number of nitrogens with zero attached hydrogens (tertiary/aromatic N) is 2. The minimum absolute atomic E-state index is 0.0685. The van der Waals surface area contributed by atoms with Gasteiger partial charge in [0.2, 0.25) is 0 Å². The smallest absolute Gasteiger partial charge is 0.251 e. The van der Waals surface area contributed by atoms with Gasteiger partial charge in [0.1, 0.15) is 5.52 Å². The van der Waals surface area contributed by atoms with E-state index in [1.165, 1.54) is 4.88 Å². The van der Waals surface area contributed by atoms with Crippen LogP contribution in [0.5, 0.6) is 0 Å². The van der Waals surface area contributed by atoms with Gasteiger partial charge in [-0.3, -0.25) is 4.79 Å². The van der Waals surface area contributed by atoms with Gasteiger partial charge < -0.3 is 9.73 Å². The van der Waals surface area contributed by atoms with Gasteiger partial charge >= 0.3 is 0 Å². The van der Waals surface area contributed by atoms with Crippen molar-refractivity contribution in [2.24, 2.45) is 0 Å². The second-order valence-electron chi connectivity index (χ2n) is 6.11. The summed E-state index contributed by atoms with van der Waals surface area (Å²) in [5, 5.41) is 2.97. The Labute approximate surface area is 151 Å². The molecule has 5 nitrogen and oxygen atoms in total. The van der Waals surface area contributed by atoms with Gasteiger partial charge in [0, 0.05) is 23.4 Å². The van der Waals surface area contributed by atoms with Crippen molar-refractivity contribution in [1.29, 1.82) is 0 Å². The fourth-order valence-electron chi connectivity index (χ4n) is 2.67. The molecule has 0 unspecified atom stereocenters. The number of hydrogen-bond donors (Lipinski definition) is 1. The molecular formula is C19H23N3O2S. The van der Waals surface area contributed by atoms with Gasteiger partial charge in [-0.2, -0.15) is 0 Å². The predicted octanol–water partition coefficient (Wildman–Crippen LogP) is 4.30. The van der Waals surface area contributed by atoms with Crippen LogP contribution >= 0.6 is 11.3 Å². The van der Waals surface area contributed by atoms with Crippen molar-refractivity contribution in [3.63, 3.8) is 0 Å². The number of carbonyl (C=O) groups excluding carboxylic acids is 1. The van der Waals surface area contributed by atoms with E-state index in [1.807, 2.05) is 18.5 Å². The molecule has 132 valence electrons. The molecule has 6 heteroatoms. The topological polar surface area (TPSA) is 68.0 Å². The average Bonchev–Trinajstić information content (AvgIpc) is 3.21. The van der Waals surface area contributed by atoms with E-state index in [1.54, 1.807) is 23.5 Å². The Morgan fingerprint density at radius 3 is 2.92 bits per heavy atom. The number of unbranched alkanes of at least 4 members (excludes halogenated alkanes) is 1. The summed E-state index contributed by atoms with van der Waals surface area (Å²) in [6, 6.07) is 5.42. The van der Waals surface area contributed by atoms with Gasteiger partial charge in [0.05, 0.1) is 11.2 Å². The highest BCUT2D eigenvalue weighted by Crippen LogP contribution is 2.19. The number of hydrogen-bond acceptors (Lipinski definition) is 5. The maximum Gasteiger partial charge on any atom is 0.251 e. The summed E-state index contributed by atoms with van der Waals surface area (Å²) < 4.78 is 5.71. The lowest BCUT2D eigenvalue weighted by Crippen LogP contribution is -2.24. The van der Waals surface area contributed by atoms with Crippen LogP contribution in [0, 0.1) is 6.92 Å². The Bertz CT molecular complexity index is 853. The van der Waals surface area contributed by atoms with Crippen LogP contribution < -0.4 is 5.32 Å². The molecule has 0 atom stereocenters. The van der Waals surface area contributed by atoms with E-state index in [9.17, 15) is 4.79 Å². The lowest BCUT2D eigenvalue weighted by Gasteiger charge is -2.04. The van der Waals surface area contributed by atoms with Crippen molar-refractivity contribution in [3.05, 3.63) is 45.7 Å². The molecule has 0 saturated carbocycles. The van der Waals surface area contributed by atoms with Crippen LogP contribution in [0.4, 0.5) is 0 Å². The number of amides is 1. The number of rotatable bonds is 8. The first kappa shape index (κ1) is 17.6. The van der Waals surface area contributed by atoms with E-state index < -0.39 is 0 Å². The van der Waals surface area contributed by atoms with E-state index in [0.29, 0.717) is 12.1 Å². The molecule has 2 aromatic heterocycles. The van der Waals surface area contributed by atoms with Gasteiger partial charge in [0.15, 0.2) is 11.5 Å². The molecule has 0 bridgehead atoms. The molecule has 0 aliphatic rings. The van der Waals surface area contributed by atoms with Gasteiger partial charge in [-0.15, -0.1) is 11.3 Å². The lowest BCUT2D eigenvalue weighted by molar-refractivity contribution is 0.0953. The highest BCUT2D eigenvalue weighted by atomic mass is 32.1. The number of thiazole rings is 1. The summed E-state index contributed by atoms with van der Waals surface area (Å²) in [6.45, 7) is 4.81. The van der Waals surface area contributed by atoms with Crippen LogP contribution in [-0.2, 0) is 12.8 Å². The van der Waals surface area contributed by atoms with Crippen LogP contribution in [0.2, 0.25) is 0 Å². The van der Waals surface area contributed by atoms with Crippen LogP contribution in [0.1, 0.15) is 53.0 Å². The number of oxazole rings is 1. The Hall–Kier alpha value is -2.21. The third-order valence-corrected chi connectivity index (χ3v) is 5.14. The fourth-order valence-corrected chi connectivity index (χ4v) is 3.49. The van der Waals surface area contributed by atoms with Crippen LogP contribution in [0.3, 0.4) is 0 Å². The van der Waals surface area contributed by atoms with E-state index in [4.69, 9.17) is 4.42 Å². The van der Waals surface area contributed by atoms with Gasteiger partial charge in [-0.25, -0.2) is 9.97 Å². The third kappa shape index (κ3) is 4.45. The van der Waals surface area contributed by atoms with Crippen molar-refractivity contribution < 1.29 is 9.21 Å². The molecule has 3 aromatic rings. The van der Waals surface area contributed by atoms with E-state index >= 15 is 0 Å². The normalized spacial score (nSPS) is 11.1. The Balaban J connectivity index is 1.55. The van der Waals surface area contributed by atoms with Crippen molar-refractivity contribution in [3.8, 4) is 0 Å². The Morgan fingerprint density at radius 1 is 1.28 bits per heavy atom. The molecule has 0 saturated heterocycles. The summed E-state index contributed by atoms with van der Waals surface area (Å²) in [5.74, 6) is 0.676. The van der Waals surface area contributed by atoms with Gasteiger partial charge in [-0.05, 0) is 44.4 Å². The molecule has 0 aliphatic carbocycles. The molecule has 1 amide bonds. The van der Waals surface area contributed by atoms with E-state index in [0.717, 1.165) is 54.8 Å². The first-order chi connectivity index (χ1) is 12.2. The summed E-state index contributed by atoms with van der Waals surface area (Å²) in [6.07, 6.45) is 4.85. The summed E-state index contributed by atoms with van der Waals surface area (Å²) in [4.78, 5) is 22.3. The highest BCUT2D eigenvalue weighted by Gasteiger charge is 2.10. The molecule has 1 aromatic carbocycles. The molecule has 0 fully saturated rings. The number of carbonyl (C=O) groups is 1. The average molecular weight is 357 g/mol. The van der Waals surface area contributed by atoms with Gasteiger partial charge in [-0.1, -0.05) is 13.3 Å². The molecule has 0 aliphatic heterocycles. The molecule has 0 radical (unpaired) electrons. The molecular weight excluding hydrogens is 334 g/mol. The molecule has 1 N–H and O–H groups in total. The largest absolute Gasteiger partial charge is 0.441 e. The third-order valence-electron chi connectivity index (χ3n) is 4.15. The summed E-state index contributed by atoms with van der Waals surface area (Å²) in [5.41, 5.74) is 5.07. The monoisotopic (exact) mass is 357 g/mol. The Morgan fingerprint density at radius 2 is 2.16 bits per heavy atom. The van der Waals surface area contributed by atoms with Crippen LogP contribution in [-0.4, -0.2) is 22.4 Å². The zero-order valence-electron chi connectivity index (χ0n) is 14.7. The summed E-state index contributed by atoms with van der Waals surface area (Å²) in [7, 11) is 0. The quantitative estimate of drug-likeness (QED) is 0.610. The fraction of sp³-hybridized carbons (Fsp3) is 0.421. The minimum Gasteiger partial charge on any atom is -0.441 e. The zero-order valence-corrected chi connectivity index (χ0v) is 15.5. The number of aryl methyl sites for hydroxylation is 3. The van der Waals surface area contributed by atoms with Crippen molar-refractivity contribution >= 4 is 28.3 Å². The maximum atomic E-state index is 12.3. The highest BCUT2D eigenvalue weighted by molar-refractivity contribution is 7.09. The lowest BCUT2D eigenvalue weighted by atomic mass is 10.2. The maximum absolute atomic E-state index is 12.3. The number of fused-ring (bicyclic) bond motifs is 1.